The molecular weight excluding hydrogens is 230 g/mol. The van der Waals surface area contributed by atoms with Crippen molar-refractivity contribution < 1.29 is 5.11 Å². The third kappa shape index (κ3) is 4.15. The molecule has 17 heavy (non-hydrogen) atoms. The molecule has 2 nitrogen and oxygen atoms in total. The molecule has 1 saturated heterocycles. The number of thioether (sulfide) groups is 1. The first-order valence-corrected chi connectivity index (χ1v) is 8.20. The zero-order chi connectivity index (χ0) is 12.3. The van der Waals surface area contributed by atoms with E-state index in [1.165, 1.54) is 43.9 Å². The van der Waals surface area contributed by atoms with Gasteiger partial charge in [-0.25, -0.2) is 0 Å². The molecule has 2 rings (SSSR count). The van der Waals surface area contributed by atoms with Gasteiger partial charge in [-0.3, -0.25) is 0 Å². The first-order chi connectivity index (χ1) is 8.07. The molecule has 3 heteroatoms. The molecule has 0 aromatic rings. The maximum absolute atomic E-state index is 10.2. The maximum atomic E-state index is 10.2. The van der Waals surface area contributed by atoms with Crippen LogP contribution in [-0.4, -0.2) is 47.3 Å². The SMILES string of the molecule is CC1(C)CCC(O)C(CN2CCCSCC2)C1. The Bertz CT molecular complexity index is 236. The fourth-order valence-electron chi connectivity index (χ4n) is 3.22. The molecule has 0 aromatic heterocycles. The van der Waals surface area contributed by atoms with Crippen LogP contribution in [0.1, 0.15) is 39.5 Å². The van der Waals surface area contributed by atoms with E-state index < -0.39 is 0 Å². The van der Waals surface area contributed by atoms with Crippen LogP contribution in [0.2, 0.25) is 0 Å². The molecule has 1 aliphatic heterocycles. The highest BCUT2D eigenvalue weighted by atomic mass is 32.2. The number of hydrogen-bond acceptors (Lipinski definition) is 3. The summed E-state index contributed by atoms with van der Waals surface area (Å²) in [6.45, 7) is 8.27. The van der Waals surface area contributed by atoms with Crippen LogP contribution in [0.5, 0.6) is 0 Å². The first kappa shape index (κ1) is 13.7. The van der Waals surface area contributed by atoms with Crippen molar-refractivity contribution in [2.75, 3.05) is 31.1 Å². The first-order valence-electron chi connectivity index (χ1n) is 7.05. The van der Waals surface area contributed by atoms with E-state index in [2.05, 4.69) is 30.5 Å². The van der Waals surface area contributed by atoms with E-state index in [1.807, 2.05) is 0 Å². The molecule has 2 fully saturated rings. The summed E-state index contributed by atoms with van der Waals surface area (Å²) in [6, 6.07) is 0. The zero-order valence-corrected chi connectivity index (χ0v) is 12.1. The Morgan fingerprint density at radius 1 is 1.29 bits per heavy atom. The van der Waals surface area contributed by atoms with Crippen LogP contribution < -0.4 is 0 Å². The van der Waals surface area contributed by atoms with Crippen LogP contribution in [0.3, 0.4) is 0 Å². The quantitative estimate of drug-likeness (QED) is 0.822. The van der Waals surface area contributed by atoms with Gasteiger partial charge in [0.25, 0.3) is 0 Å². The summed E-state index contributed by atoms with van der Waals surface area (Å²) in [4.78, 5) is 2.58. The van der Waals surface area contributed by atoms with Gasteiger partial charge in [0, 0.05) is 18.8 Å². The Morgan fingerprint density at radius 2 is 2.12 bits per heavy atom. The summed E-state index contributed by atoms with van der Waals surface area (Å²) in [7, 11) is 0. The van der Waals surface area contributed by atoms with Gasteiger partial charge >= 0.3 is 0 Å². The molecule has 2 atom stereocenters. The van der Waals surface area contributed by atoms with E-state index in [9.17, 15) is 5.11 Å². The van der Waals surface area contributed by atoms with Crippen molar-refractivity contribution >= 4 is 11.8 Å². The third-order valence-corrected chi connectivity index (χ3v) is 5.33. The summed E-state index contributed by atoms with van der Waals surface area (Å²) in [5.74, 6) is 3.09. The average molecular weight is 257 g/mol. The summed E-state index contributed by atoms with van der Waals surface area (Å²) in [5, 5.41) is 10.2. The van der Waals surface area contributed by atoms with Crippen molar-refractivity contribution in [3.63, 3.8) is 0 Å². The maximum Gasteiger partial charge on any atom is 0.0581 e. The Labute approximate surface area is 110 Å². The highest BCUT2D eigenvalue weighted by Crippen LogP contribution is 2.39. The molecule has 1 aliphatic carbocycles. The smallest absolute Gasteiger partial charge is 0.0581 e. The normalized spacial score (nSPS) is 35.5. The molecule has 1 N–H and O–H groups in total. The lowest BCUT2D eigenvalue weighted by atomic mass is 9.70. The standard InChI is InChI=1S/C14H27NOS/c1-14(2)5-4-13(16)12(10-14)11-15-6-3-8-17-9-7-15/h12-13,16H,3-11H2,1-2H3. The molecule has 1 saturated carbocycles. The van der Waals surface area contributed by atoms with E-state index in [4.69, 9.17) is 0 Å². The Morgan fingerprint density at radius 3 is 2.94 bits per heavy atom. The summed E-state index contributed by atoms with van der Waals surface area (Å²) >= 11 is 2.08. The second-order valence-electron chi connectivity index (χ2n) is 6.50. The minimum atomic E-state index is -0.0565. The van der Waals surface area contributed by atoms with Crippen molar-refractivity contribution in [3.05, 3.63) is 0 Å². The minimum Gasteiger partial charge on any atom is -0.393 e. The van der Waals surface area contributed by atoms with Gasteiger partial charge in [0.1, 0.15) is 0 Å². The highest BCUT2D eigenvalue weighted by Gasteiger charge is 2.34. The molecule has 0 bridgehead atoms. The van der Waals surface area contributed by atoms with E-state index >= 15 is 0 Å². The molecule has 2 aliphatic rings. The molecule has 0 radical (unpaired) electrons. The van der Waals surface area contributed by atoms with Crippen molar-refractivity contribution in [1.29, 1.82) is 0 Å². The van der Waals surface area contributed by atoms with Gasteiger partial charge in [0.05, 0.1) is 6.10 Å². The summed E-state index contributed by atoms with van der Waals surface area (Å²) in [6.07, 6.45) is 4.63. The second-order valence-corrected chi connectivity index (χ2v) is 7.73. The Kier molecular flexibility index (Phi) is 4.79. The van der Waals surface area contributed by atoms with Crippen LogP contribution >= 0.6 is 11.8 Å². The predicted octanol–water partition coefficient (Wildman–Crippen LogP) is 2.61. The van der Waals surface area contributed by atoms with E-state index in [1.54, 1.807) is 0 Å². The third-order valence-electron chi connectivity index (χ3n) is 4.28. The van der Waals surface area contributed by atoms with Gasteiger partial charge in [-0.2, -0.15) is 11.8 Å². The lowest BCUT2D eigenvalue weighted by Crippen LogP contribution is -2.41. The van der Waals surface area contributed by atoms with Crippen LogP contribution in [0, 0.1) is 11.3 Å². The molecule has 0 aromatic carbocycles. The number of hydrogen-bond donors (Lipinski definition) is 1. The topological polar surface area (TPSA) is 23.5 Å². The van der Waals surface area contributed by atoms with E-state index in [0.29, 0.717) is 11.3 Å². The molecule has 2 unspecified atom stereocenters. The molecule has 0 spiro atoms. The largest absolute Gasteiger partial charge is 0.393 e. The minimum absolute atomic E-state index is 0.0565. The fourth-order valence-corrected chi connectivity index (χ4v) is 4.15. The zero-order valence-electron chi connectivity index (χ0n) is 11.3. The summed E-state index contributed by atoms with van der Waals surface area (Å²) in [5.41, 5.74) is 0.435. The second kappa shape index (κ2) is 5.94. The summed E-state index contributed by atoms with van der Waals surface area (Å²) < 4.78 is 0. The number of rotatable bonds is 2. The Balaban J connectivity index is 1.87. The van der Waals surface area contributed by atoms with Crippen LogP contribution in [0.4, 0.5) is 0 Å². The van der Waals surface area contributed by atoms with Crippen molar-refractivity contribution in [2.45, 2.75) is 45.6 Å². The molecular formula is C14H27NOS. The van der Waals surface area contributed by atoms with Crippen molar-refractivity contribution in [1.82, 2.24) is 4.90 Å². The highest BCUT2D eigenvalue weighted by molar-refractivity contribution is 7.99. The number of nitrogens with zero attached hydrogens (tertiary/aromatic N) is 1. The number of aliphatic hydroxyl groups is 1. The number of aliphatic hydroxyl groups excluding tert-OH is 1. The fraction of sp³-hybridized carbons (Fsp3) is 1.00. The van der Waals surface area contributed by atoms with Gasteiger partial charge in [0.15, 0.2) is 0 Å². The monoisotopic (exact) mass is 257 g/mol. The van der Waals surface area contributed by atoms with Crippen LogP contribution in [0.25, 0.3) is 0 Å². The van der Waals surface area contributed by atoms with E-state index in [0.717, 1.165) is 13.0 Å². The van der Waals surface area contributed by atoms with Gasteiger partial charge in [-0.15, -0.1) is 0 Å². The van der Waals surface area contributed by atoms with Crippen LogP contribution in [-0.2, 0) is 0 Å². The van der Waals surface area contributed by atoms with Crippen molar-refractivity contribution in [2.24, 2.45) is 11.3 Å². The average Bonchev–Trinajstić information content (AvgIpc) is 2.52. The Hall–Kier alpha value is 0.270. The van der Waals surface area contributed by atoms with Crippen molar-refractivity contribution in [3.8, 4) is 0 Å². The molecule has 1 heterocycles. The lowest BCUT2D eigenvalue weighted by molar-refractivity contribution is 0.00527. The van der Waals surface area contributed by atoms with Gasteiger partial charge < -0.3 is 10.0 Å². The molecule has 0 amide bonds. The van der Waals surface area contributed by atoms with Gasteiger partial charge in [0.2, 0.25) is 0 Å². The van der Waals surface area contributed by atoms with Gasteiger partial charge in [-0.05, 0) is 49.3 Å². The van der Waals surface area contributed by atoms with Gasteiger partial charge in [-0.1, -0.05) is 13.8 Å². The molecule has 100 valence electrons. The lowest BCUT2D eigenvalue weighted by Gasteiger charge is -2.40. The van der Waals surface area contributed by atoms with Crippen LogP contribution in [0.15, 0.2) is 0 Å². The van der Waals surface area contributed by atoms with E-state index in [-0.39, 0.29) is 6.10 Å². The predicted molar refractivity (Wildman–Crippen MR) is 75.5 cm³/mol.